The third-order valence-corrected chi connectivity index (χ3v) is 3.93. The summed E-state index contributed by atoms with van der Waals surface area (Å²) in [7, 11) is 1.61. The van der Waals surface area contributed by atoms with Gasteiger partial charge in [0.1, 0.15) is 5.75 Å². The van der Waals surface area contributed by atoms with E-state index in [1.54, 1.807) is 25.3 Å². The molecule has 0 heterocycles. The monoisotopic (exact) mass is 318 g/mol. The summed E-state index contributed by atoms with van der Waals surface area (Å²) >= 11 is 3.43. The zero-order valence-electron chi connectivity index (χ0n) is 11.2. The summed E-state index contributed by atoms with van der Waals surface area (Å²) in [5, 5.41) is 0. The largest absolute Gasteiger partial charge is 0.497 e. The number of hydrogen-bond acceptors (Lipinski definition) is 2. The fourth-order valence-corrected chi connectivity index (χ4v) is 2.49. The first-order valence-corrected chi connectivity index (χ1v) is 6.78. The van der Waals surface area contributed by atoms with Gasteiger partial charge in [0.25, 0.3) is 0 Å². The first-order chi connectivity index (χ1) is 9.04. The molecule has 0 aliphatic heterocycles. The van der Waals surface area contributed by atoms with Crippen molar-refractivity contribution in [2.45, 2.75) is 13.8 Å². The van der Waals surface area contributed by atoms with E-state index in [9.17, 15) is 4.79 Å². The van der Waals surface area contributed by atoms with Crippen molar-refractivity contribution in [3.05, 3.63) is 63.1 Å². The van der Waals surface area contributed by atoms with Gasteiger partial charge in [-0.25, -0.2) is 0 Å². The van der Waals surface area contributed by atoms with E-state index in [0.29, 0.717) is 5.56 Å². The molecule has 2 aromatic rings. The summed E-state index contributed by atoms with van der Waals surface area (Å²) in [6.45, 7) is 3.98. The SMILES string of the molecule is COc1ccc(C(=O)c2cccc(C)c2C)c(Br)c1. The van der Waals surface area contributed by atoms with Crippen LogP contribution in [0.2, 0.25) is 0 Å². The molecule has 0 atom stereocenters. The van der Waals surface area contributed by atoms with Crippen LogP contribution in [-0.2, 0) is 0 Å². The molecule has 2 nitrogen and oxygen atoms in total. The van der Waals surface area contributed by atoms with E-state index < -0.39 is 0 Å². The second-order valence-electron chi connectivity index (χ2n) is 4.42. The number of ether oxygens (including phenoxy) is 1. The molecule has 0 spiro atoms. The maximum atomic E-state index is 12.6. The van der Waals surface area contributed by atoms with Gasteiger partial charge in [-0.1, -0.05) is 18.2 Å². The second kappa shape index (κ2) is 5.57. The van der Waals surface area contributed by atoms with Crippen LogP contribution in [0.15, 0.2) is 40.9 Å². The van der Waals surface area contributed by atoms with Gasteiger partial charge >= 0.3 is 0 Å². The van der Waals surface area contributed by atoms with Crippen LogP contribution in [0.4, 0.5) is 0 Å². The van der Waals surface area contributed by atoms with Gasteiger partial charge in [-0.15, -0.1) is 0 Å². The van der Waals surface area contributed by atoms with Gasteiger partial charge in [0.2, 0.25) is 0 Å². The average molecular weight is 319 g/mol. The Balaban J connectivity index is 2.47. The molecule has 0 N–H and O–H groups in total. The standard InChI is InChI=1S/C16H15BrO2/c1-10-5-4-6-13(11(10)2)16(18)14-8-7-12(19-3)9-15(14)17/h4-9H,1-3H3. The van der Waals surface area contributed by atoms with E-state index >= 15 is 0 Å². The molecule has 3 heteroatoms. The van der Waals surface area contributed by atoms with Gasteiger partial charge in [0.15, 0.2) is 5.78 Å². The molecule has 0 aromatic heterocycles. The number of ketones is 1. The highest BCUT2D eigenvalue weighted by atomic mass is 79.9. The minimum atomic E-state index is 0.0238. The first kappa shape index (κ1) is 13.8. The molecule has 0 fully saturated rings. The first-order valence-electron chi connectivity index (χ1n) is 5.99. The quantitative estimate of drug-likeness (QED) is 0.788. The van der Waals surface area contributed by atoms with Crippen molar-refractivity contribution in [1.29, 1.82) is 0 Å². The molecule has 98 valence electrons. The molecule has 0 radical (unpaired) electrons. The lowest BCUT2D eigenvalue weighted by Crippen LogP contribution is -2.05. The predicted molar refractivity (Wildman–Crippen MR) is 80.0 cm³/mol. The van der Waals surface area contributed by atoms with Crippen LogP contribution in [0.25, 0.3) is 0 Å². The summed E-state index contributed by atoms with van der Waals surface area (Å²) < 4.78 is 5.88. The molecule has 0 saturated heterocycles. The van der Waals surface area contributed by atoms with Gasteiger partial charge < -0.3 is 4.74 Å². The van der Waals surface area contributed by atoms with Crippen molar-refractivity contribution in [1.82, 2.24) is 0 Å². The predicted octanol–water partition coefficient (Wildman–Crippen LogP) is 4.31. The molecule has 0 bridgehead atoms. The van der Waals surface area contributed by atoms with Crippen LogP contribution >= 0.6 is 15.9 Å². The average Bonchev–Trinajstić information content (AvgIpc) is 2.41. The van der Waals surface area contributed by atoms with Crippen molar-refractivity contribution >= 4 is 21.7 Å². The minimum Gasteiger partial charge on any atom is -0.497 e. The highest BCUT2D eigenvalue weighted by Gasteiger charge is 2.15. The summed E-state index contributed by atoms with van der Waals surface area (Å²) in [6, 6.07) is 11.2. The van der Waals surface area contributed by atoms with Crippen LogP contribution in [0.5, 0.6) is 5.75 Å². The Kier molecular flexibility index (Phi) is 4.05. The number of halogens is 1. The number of methoxy groups -OCH3 is 1. The lowest BCUT2D eigenvalue weighted by atomic mass is 9.96. The van der Waals surface area contributed by atoms with E-state index in [0.717, 1.165) is 26.9 Å². The Morgan fingerprint density at radius 3 is 2.47 bits per heavy atom. The molecule has 0 aliphatic carbocycles. The van der Waals surface area contributed by atoms with E-state index in [2.05, 4.69) is 15.9 Å². The fourth-order valence-electron chi connectivity index (χ4n) is 1.95. The summed E-state index contributed by atoms with van der Waals surface area (Å²) in [5.74, 6) is 0.750. The number of hydrogen-bond donors (Lipinski definition) is 0. The number of aryl methyl sites for hydroxylation is 1. The lowest BCUT2D eigenvalue weighted by molar-refractivity contribution is 0.103. The normalized spacial score (nSPS) is 10.3. The molecule has 0 unspecified atom stereocenters. The lowest BCUT2D eigenvalue weighted by Gasteiger charge is -2.10. The highest BCUT2D eigenvalue weighted by Crippen LogP contribution is 2.26. The summed E-state index contributed by atoms with van der Waals surface area (Å²) in [6.07, 6.45) is 0. The zero-order valence-corrected chi connectivity index (χ0v) is 12.7. The Hall–Kier alpha value is -1.61. The van der Waals surface area contributed by atoms with Gasteiger partial charge in [-0.05, 0) is 59.1 Å². The molecule has 0 aliphatic rings. The third-order valence-electron chi connectivity index (χ3n) is 3.27. The van der Waals surface area contributed by atoms with Gasteiger partial charge in [0.05, 0.1) is 7.11 Å². The number of carbonyl (C=O) groups is 1. The molecule has 0 saturated carbocycles. The van der Waals surface area contributed by atoms with E-state index in [1.807, 2.05) is 32.0 Å². The molecular weight excluding hydrogens is 304 g/mol. The van der Waals surface area contributed by atoms with Crippen LogP contribution in [-0.4, -0.2) is 12.9 Å². The van der Waals surface area contributed by atoms with Gasteiger partial charge in [-0.3, -0.25) is 4.79 Å². The summed E-state index contributed by atoms with van der Waals surface area (Å²) in [4.78, 5) is 12.6. The van der Waals surface area contributed by atoms with Crippen LogP contribution in [0.3, 0.4) is 0 Å². The maximum Gasteiger partial charge on any atom is 0.194 e. The Morgan fingerprint density at radius 2 is 1.84 bits per heavy atom. The molecule has 2 rings (SSSR count). The smallest absolute Gasteiger partial charge is 0.194 e. The Bertz CT molecular complexity index is 633. The number of benzene rings is 2. The van der Waals surface area contributed by atoms with E-state index in [-0.39, 0.29) is 5.78 Å². The second-order valence-corrected chi connectivity index (χ2v) is 5.28. The maximum absolute atomic E-state index is 12.6. The topological polar surface area (TPSA) is 26.3 Å². The van der Waals surface area contributed by atoms with Crippen molar-refractivity contribution in [2.75, 3.05) is 7.11 Å². The van der Waals surface area contributed by atoms with Crippen molar-refractivity contribution in [2.24, 2.45) is 0 Å². The van der Waals surface area contributed by atoms with E-state index in [4.69, 9.17) is 4.74 Å². The van der Waals surface area contributed by atoms with Gasteiger partial charge in [-0.2, -0.15) is 0 Å². The van der Waals surface area contributed by atoms with Crippen LogP contribution in [0, 0.1) is 13.8 Å². The molecular formula is C16H15BrO2. The highest BCUT2D eigenvalue weighted by molar-refractivity contribution is 9.10. The van der Waals surface area contributed by atoms with Crippen LogP contribution in [0.1, 0.15) is 27.0 Å². The van der Waals surface area contributed by atoms with Crippen molar-refractivity contribution < 1.29 is 9.53 Å². The number of rotatable bonds is 3. The zero-order chi connectivity index (χ0) is 14.0. The molecule has 19 heavy (non-hydrogen) atoms. The minimum absolute atomic E-state index is 0.0238. The Morgan fingerprint density at radius 1 is 1.11 bits per heavy atom. The molecule has 0 amide bonds. The van der Waals surface area contributed by atoms with Crippen molar-refractivity contribution in [3.63, 3.8) is 0 Å². The fraction of sp³-hybridized carbons (Fsp3) is 0.188. The summed E-state index contributed by atoms with van der Waals surface area (Å²) in [5.41, 5.74) is 3.53. The van der Waals surface area contributed by atoms with E-state index in [1.165, 1.54) is 0 Å². The van der Waals surface area contributed by atoms with Crippen molar-refractivity contribution in [3.8, 4) is 5.75 Å². The third kappa shape index (κ3) is 2.71. The van der Waals surface area contributed by atoms with Gasteiger partial charge in [0, 0.05) is 15.6 Å². The molecule has 2 aromatic carbocycles. The Labute approximate surface area is 121 Å². The number of carbonyl (C=O) groups excluding carboxylic acids is 1. The van der Waals surface area contributed by atoms with Crippen LogP contribution < -0.4 is 4.74 Å².